The highest BCUT2D eigenvalue weighted by atomic mass is 19.4. The zero-order valence-electron chi connectivity index (χ0n) is 15.6. The summed E-state index contributed by atoms with van der Waals surface area (Å²) in [7, 11) is 2.02. The molecule has 1 aromatic rings. The number of ether oxygens (including phenoxy) is 1. The molecule has 1 heterocycles. The molecule has 1 aliphatic rings. The zero-order valence-corrected chi connectivity index (χ0v) is 15.6. The van der Waals surface area contributed by atoms with Crippen LogP contribution >= 0.6 is 0 Å². The van der Waals surface area contributed by atoms with E-state index >= 15 is 0 Å². The van der Waals surface area contributed by atoms with E-state index in [1.165, 1.54) is 6.07 Å². The van der Waals surface area contributed by atoms with Crippen molar-refractivity contribution in [3.63, 3.8) is 0 Å². The van der Waals surface area contributed by atoms with E-state index in [0.29, 0.717) is 17.9 Å². The minimum Gasteiger partial charge on any atom is -0.492 e. The first-order chi connectivity index (χ1) is 11.1. The maximum atomic E-state index is 13.1. The van der Waals surface area contributed by atoms with E-state index < -0.39 is 11.7 Å². The minimum atomic E-state index is -4.36. The van der Waals surface area contributed by atoms with Gasteiger partial charge in [-0.15, -0.1) is 0 Å². The zero-order chi connectivity index (χ0) is 18.5. The maximum absolute atomic E-state index is 13.1. The molecular formula is C19H30F3NO. The van der Waals surface area contributed by atoms with Gasteiger partial charge in [0.25, 0.3) is 0 Å². The third-order valence-electron chi connectivity index (χ3n) is 4.21. The van der Waals surface area contributed by atoms with Crippen LogP contribution in [0.1, 0.15) is 58.6 Å². The lowest BCUT2D eigenvalue weighted by molar-refractivity contribution is -0.137. The van der Waals surface area contributed by atoms with Crippen LogP contribution in [-0.4, -0.2) is 31.1 Å². The van der Waals surface area contributed by atoms with Crippen molar-refractivity contribution < 1.29 is 17.9 Å². The van der Waals surface area contributed by atoms with E-state index in [-0.39, 0.29) is 11.5 Å². The molecule has 0 radical (unpaired) electrons. The van der Waals surface area contributed by atoms with Crippen LogP contribution in [0.3, 0.4) is 0 Å². The SMILES string of the molecule is CC.CN1CCCC1COc1cc(C(C)(C)C)cc(C(F)(F)F)c1. The highest BCUT2D eigenvalue weighted by Gasteiger charge is 2.33. The highest BCUT2D eigenvalue weighted by Crippen LogP contribution is 2.36. The molecule has 0 aliphatic carbocycles. The first-order valence-corrected chi connectivity index (χ1v) is 8.63. The van der Waals surface area contributed by atoms with Gasteiger partial charge >= 0.3 is 6.18 Å². The Morgan fingerprint density at radius 1 is 1.08 bits per heavy atom. The molecule has 0 spiro atoms. The topological polar surface area (TPSA) is 12.5 Å². The van der Waals surface area contributed by atoms with Crippen molar-refractivity contribution in [2.75, 3.05) is 20.2 Å². The van der Waals surface area contributed by atoms with Crippen molar-refractivity contribution in [1.29, 1.82) is 0 Å². The monoisotopic (exact) mass is 345 g/mol. The Morgan fingerprint density at radius 3 is 2.12 bits per heavy atom. The predicted molar refractivity (Wildman–Crippen MR) is 92.6 cm³/mol. The number of alkyl halides is 3. The van der Waals surface area contributed by atoms with Crippen LogP contribution in [0.4, 0.5) is 13.2 Å². The second kappa shape index (κ2) is 8.24. The summed E-state index contributed by atoms with van der Waals surface area (Å²) in [4.78, 5) is 2.19. The Morgan fingerprint density at radius 2 is 1.67 bits per heavy atom. The molecule has 0 bridgehead atoms. The van der Waals surface area contributed by atoms with Gasteiger partial charge in [0.1, 0.15) is 12.4 Å². The Labute approximate surface area is 144 Å². The van der Waals surface area contributed by atoms with Crippen LogP contribution in [0.25, 0.3) is 0 Å². The van der Waals surface area contributed by atoms with Crippen LogP contribution in [0.2, 0.25) is 0 Å². The predicted octanol–water partition coefficient (Wildman–Crippen LogP) is 5.50. The Bertz CT molecular complexity index is 488. The van der Waals surface area contributed by atoms with Gasteiger partial charge in [-0.1, -0.05) is 34.6 Å². The average molecular weight is 345 g/mol. The molecule has 2 rings (SSSR count). The molecule has 0 saturated carbocycles. The molecule has 1 aromatic carbocycles. The summed E-state index contributed by atoms with van der Waals surface area (Å²) in [5.41, 5.74) is -0.365. The average Bonchev–Trinajstić information content (AvgIpc) is 2.90. The fourth-order valence-electron chi connectivity index (χ4n) is 2.66. The third kappa shape index (κ3) is 5.69. The van der Waals surface area contributed by atoms with Crippen LogP contribution in [0.5, 0.6) is 5.75 Å². The van der Waals surface area contributed by atoms with E-state index in [2.05, 4.69) is 4.90 Å². The first-order valence-electron chi connectivity index (χ1n) is 8.63. The Kier molecular flexibility index (Phi) is 7.14. The number of benzene rings is 1. The van der Waals surface area contributed by atoms with Crippen molar-refractivity contribution in [2.45, 2.75) is 65.1 Å². The van der Waals surface area contributed by atoms with Crippen LogP contribution < -0.4 is 4.74 Å². The van der Waals surface area contributed by atoms with Crippen LogP contribution in [0.15, 0.2) is 18.2 Å². The molecule has 1 fully saturated rings. The number of hydrogen-bond donors (Lipinski definition) is 0. The van der Waals surface area contributed by atoms with Crippen molar-refractivity contribution >= 4 is 0 Å². The van der Waals surface area contributed by atoms with Gasteiger partial charge in [0, 0.05) is 6.04 Å². The molecule has 0 aromatic heterocycles. The smallest absolute Gasteiger partial charge is 0.416 e. The van der Waals surface area contributed by atoms with Crippen molar-refractivity contribution in [2.24, 2.45) is 0 Å². The maximum Gasteiger partial charge on any atom is 0.416 e. The van der Waals surface area contributed by atoms with Gasteiger partial charge < -0.3 is 9.64 Å². The van der Waals surface area contributed by atoms with Gasteiger partial charge in [0.05, 0.1) is 5.56 Å². The summed E-state index contributed by atoms with van der Waals surface area (Å²) in [5, 5.41) is 0. The number of nitrogens with zero attached hydrogens (tertiary/aromatic N) is 1. The van der Waals surface area contributed by atoms with Crippen molar-refractivity contribution in [3.05, 3.63) is 29.3 Å². The molecule has 24 heavy (non-hydrogen) atoms. The minimum absolute atomic E-state index is 0.285. The van der Waals surface area contributed by atoms with E-state index in [9.17, 15) is 13.2 Å². The summed E-state index contributed by atoms with van der Waals surface area (Å²) in [6.07, 6.45) is -2.22. The Hall–Kier alpha value is -1.23. The molecule has 1 unspecified atom stereocenters. The third-order valence-corrected chi connectivity index (χ3v) is 4.21. The van der Waals surface area contributed by atoms with Crippen molar-refractivity contribution in [3.8, 4) is 5.75 Å². The summed E-state index contributed by atoms with van der Waals surface area (Å²) >= 11 is 0. The van der Waals surface area contributed by atoms with Gasteiger partial charge in [0.15, 0.2) is 0 Å². The standard InChI is InChI=1S/C17H24F3NO.C2H6/c1-16(2,3)12-8-13(17(18,19)20)10-15(9-12)22-11-14-6-5-7-21(14)4;1-2/h8-10,14H,5-7,11H2,1-4H3;1-2H3. The molecule has 1 saturated heterocycles. The molecule has 5 heteroatoms. The largest absolute Gasteiger partial charge is 0.492 e. The lowest BCUT2D eigenvalue weighted by Crippen LogP contribution is -2.30. The van der Waals surface area contributed by atoms with Crippen LogP contribution in [-0.2, 0) is 11.6 Å². The molecular weight excluding hydrogens is 315 g/mol. The lowest BCUT2D eigenvalue weighted by atomic mass is 9.86. The van der Waals surface area contributed by atoms with Crippen LogP contribution in [0, 0.1) is 0 Å². The molecule has 1 atom stereocenters. The van der Waals surface area contributed by atoms with Crippen molar-refractivity contribution in [1.82, 2.24) is 4.90 Å². The number of likely N-dealkylation sites (tertiary alicyclic amines) is 1. The van der Waals surface area contributed by atoms with Gasteiger partial charge in [0.2, 0.25) is 0 Å². The van der Waals surface area contributed by atoms with Gasteiger partial charge in [-0.3, -0.25) is 0 Å². The molecule has 1 aliphatic heterocycles. The summed E-state index contributed by atoms with van der Waals surface area (Å²) in [6.45, 7) is 11.1. The molecule has 0 N–H and O–H groups in total. The summed E-state index contributed by atoms with van der Waals surface area (Å²) < 4.78 is 44.9. The second-order valence-electron chi connectivity index (χ2n) is 7.08. The normalized spacial score (nSPS) is 19.0. The molecule has 0 amide bonds. The molecule has 2 nitrogen and oxygen atoms in total. The fourth-order valence-corrected chi connectivity index (χ4v) is 2.66. The Balaban J connectivity index is 0.00000139. The van der Waals surface area contributed by atoms with E-state index in [1.807, 2.05) is 41.7 Å². The lowest BCUT2D eigenvalue weighted by Gasteiger charge is -2.23. The van der Waals surface area contributed by atoms with E-state index in [4.69, 9.17) is 4.74 Å². The van der Waals surface area contributed by atoms with E-state index in [1.54, 1.807) is 6.07 Å². The summed E-state index contributed by atoms with van der Waals surface area (Å²) in [6, 6.07) is 4.33. The van der Waals surface area contributed by atoms with Gasteiger partial charge in [-0.2, -0.15) is 13.2 Å². The first kappa shape index (κ1) is 20.8. The summed E-state index contributed by atoms with van der Waals surface area (Å²) in [5.74, 6) is 0.306. The van der Waals surface area contributed by atoms with Gasteiger partial charge in [-0.25, -0.2) is 0 Å². The fraction of sp³-hybridized carbons (Fsp3) is 0.684. The molecule has 138 valence electrons. The number of hydrogen-bond acceptors (Lipinski definition) is 2. The van der Waals surface area contributed by atoms with Gasteiger partial charge in [-0.05, 0) is 55.6 Å². The number of likely N-dealkylation sites (N-methyl/N-ethyl adjacent to an activating group) is 1. The number of rotatable bonds is 3. The number of halogens is 3. The quantitative estimate of drug-likeness (QED) is 0.717. The highest BCUT2D eigenvalue weighted by molar-refractivity contribution is 5.39. The van der Waals surface area contributed by atoms with E-state index in [0.717, 1.165) is 25.5 Å². The second-order valence-corrected chi connectivity index (χ2v) is 7.08.